The van der Waals surface area contributed by atoms with E-state index in [1.807, 2.05) is 0 Å². The summed E-state index contributed by atoms with van der Waals surface area (Å²) in [6, 6.07) is 5.84. The summed E-state index contributed by atoms with van der Waals surface area (Å²) in [4.78, 5) is 49.2. The van der Waals surface area contributed by atoms with Gasteiger partial charge in [-0.05, 0) is 12.1 Å². The molecular formula is C16H10ClN5O6. The Labute approximate surface area is 161 Å². The number of nitro groups is 2. The molecule has 0 aromatic heterocycles. The summed E-state index contributed by atoms with van der Waals surface area (Å²) >= 11 is 5.79. The first-order valence-corrected chi connectivity index (χ1v) is 8.02. The molecule has 0 radical (unpaired) electrons. The molecule has 1 aliphatic rings. The van der Waals surface area contributed by atoms with Gasteiger partial charge in [-0.25, -0.2) is 0 Å². The van der Waals surface area contributed by atoms with Crippen LogP contribution < -0.4 is 10.6 Å². The highest BCUT2D eigenvalue weighted by Crippen LogP contribution is 2.30. The maximum Gasteiger partial charge on any atom is 0.271 e. The third-order valence-corrected chi connectivity index (χ3v) is 3.95. The number of nitrogens with one attached hydrogen (secondary N) is 2. The highest BCUT2D eigenvalue weighted by molar-refractivity contribution is 6.31. The predicted molar refractivity (Wildman–Crippen MR) is 99.2 cm³/mol. The quantitative estimate of drug-likeness (QED) is 0.590. The van der Waals surface area contributed by atoms with Crippen molar-refractivity contribution in [2.45, 2.75) is 6.04 Å². The van der Waals surface area contributed by atoms with Gasteiger partial charge in [0.25, 0.3) is 23.2 Å². The van der Waals surface area contributed by atoms with Crippen LogP contribution in [0.2, 0.25) is 5.02 Å². The van der Waals surface area contributed by atoms with Gasteiger partial charge in [-0.15, -0.1) is 0 Å². The molecule has 1 heterocycles. The van der Waals surface area contributed by atoms with Crippen molar-refractivity contribution in [3.8, 4) is 0 Å². The molecule has 0 aliphatic carbocycles. The van der Waals surface area contributed by atoms with Crippen LogP contribution in [0.15, 0.2) is 41.4 Å². The number of carbonyl (C=O) groups is 2. The number of non-ortho nitro benzene ring substituents is 2. The molecule has 2 aromatic rings. The molecule has 1 aliphatic heterocycles. The van der Waals surface area contributed by atoms with E-state index < -0.39 is 27.7 Å². The average Bonchev–Trinajstić information content (AvgIpc) is 2.79. The monoisotopic (exact) mass is 403 g/mol. The fourth-order valence-electron chi connectivity index (χ4n) is 2.42. The van der Waals surface area contributed by atoms with E-state index in [1.165, 1.54) is 18.2 Å². The third-order valence-electron chi connectivity index (χ3n) is 3.74. The molecule has 2 aromatic carbocycles. The zero-order valence-corrected chi connectivity index (χ0v) is 14.5. The van der Waals surface area contributed by atoms with Crippen LogP contribution in [-0.4, -0.2) is 33.9 Å². The second-order valence-corrected chi connectivity index (χ2v) is 6.07. The lowest BCUT2D eigenvalue weighted by atomic mass is 10.1. The van der Waals surface area contributed by atoms with Crippen molar-refractivity contribution in [2.24, 2.45) is 4.99 Å². The van der Waals surface area contributed by atoms with E-state index in [0.717, 1.165) is 24.4 Å². The molecular weight excluding hydrogens is 394 g/mol. The number of rotatable bonds is 4. The van der Waals surface area contributed by atoms with Crippen molar-refractivity contribution in [3.63, 3.8) is 0 Å². The minimum Gasteiger partial charge on any atom is -0.336 e. The van der Waals surface area contributed by atoms with E-state index in [1.54, 1.807) is 0 Å². The Hall–Kier alpha value is -3.86. The van der Waals surface area contributed by atoms with Gasteiger partial charge in [-0.1, -0.05) is 11.6 Å². The summed E-state index contributed by atoms with van der Waals surface area (Å²) in [6.45, 7) is 0. The summed E-state index contributed by atoms with van der Waals surface area (Å²) in [5, 5.41) is 26.6. The molecule has 0 spiro atoms. The molecule has 0 fully saturated rings. The largest absolute Gasteiger partial charge is 0.336 e. The molecule has 11 nitrogen and oxygen atoms in total. The van der Waals surface area contributed by atoms with E-state index in [0.29, 0.717) is 0 Å². The van der Waals surface area contributed by atoms with Gasteiger partial charge in [0.15, 0.2) is 0 Å². The van der Waals surface area contributed by atoms with Gasteiger partial charge in [-0.2, -0.15) is 0 Å². The van der Waals surface area contributed by atoms with E-state index in [4.69, 9.17) is 11.6 Å². The zero-order valence-electron chi connectivity index (χ0n) is 13.8. The number of nitro benzene ring substituents is 2. The van der Waals surface area contributed by atoms with Gasteiger partial charge in [-0.3, -0.25) is 34.8 Å². The summed E-state index contributed by atoms with van der Waals surface area (Å²) in [5.74, 6) is -1.47. The number of benzene rings is 2. The molecule has 2 amide bonds. The molecule has 0 saturated heterocycles. The lowest BCUT2D eigenvalue weighted by molar-refractivity contribution is -0.385. The van der Waals surface area contributed by atoms with Crippen LogP contribution in [0.1, 0.15) is 10.4 Å². The Bertz CT molecular complexity index is 1050. The summed E-state index contributed by atoms with van der Waals surface area (Å²) in [5.41, 5.74) is -0.336. The average molecular weight is 404 g/mol. The molecule has 1 atom stereocenters. The number of aliphatic imine (C=N–C) groups is 1. The molecule has 3 rings (SSSR count). The smallest absolute Gasteiger partial charge is 0.271 e. The van der Waals surface area contributed by atoms with Crippen LogP contribution in [-0.2, 0) is 4.79 Å². The van der Waals surface area contributed by atoms with Crippen molar-refractivity contribution >= 4 is 52.4 Å². The minimum absolute atomic E-state index is 0.0157. The molecule has 0 bridgehead atoms. The fraction of sp³-hybridized carbons (Fsp3) is 0.0625. The second-order valence-electron chi connectivity index (χ2n) is 5.63. The Morgan fingerprint density at radius 1 is 1.11 bits per heavy atom. The van der Waals surface area contributed by atoms with Crippen LogP contribution in [0.25, 0.3) is 0 Å². The van der Waals surface area contributed by atoms with Crippen molar-refractivity contribution in [1.29, 1.82) is 0 Å². The number of hydrogen-bond donors (Lipinski definition) is 2. The number of halogens is 1. The lowest BCUT2D eigenvalue weighted by Gasteiger charge is -2.13. The van der Waals surface area contributed by atoms with Crippen LogP contribution in [0, 0.1) is 20.2 Å². The lowest BCUT2D eigenvalue weighted by Crippen LogP contribution is -2.44. The van der Waals surface area contributed by atoms with Gasteiger partial charge < -0.3 is 10.6 Å². The number of amides is 2. The van der Waals surface area contributed by atoms with E-state index in [2.05, 4.69) is 15.6 Å². The minimum atomic E-state index is -1.21. The Morgan fingerprint density at radius 2 is 1.82 bits per heavy atom. The first-order valence-electron chi connectivity index (χ1n) is 7.64. The summed E-state index contributed by atoms with van der Waals surface area (Å²) in [6.07, 6.45) is 1.16. The highest BCUT2D eigenvalue weighted by Gasteiger charge is 2.25. The first-order chi connectivity index (χ1) is 13.2. The number of anilines is 1. The highest BCUT2D eigenvalue weighted by atomic mass is 35.5. The van der Waals surface area contributed by atoms with Crippen LogP contribution >= 0.6 is 11.6 Å². The van der Waals surface area contributed by atoms with E-state index >= 15 is 0 Å². The van der Waals surface area contributed by atoms with Crippen molar-refractivity contribution in [1.82, 2.24) is 5.32 Å². The Balaban J connectivity index is 1.82. The maximum atomic E-state index is 12.4. The van der Waals surface area contributed by atoms with Crippen LogP contribution in [0.5, 0.6) is 0 Å². The maximum absolute atomic E-state index is 12.4. The first kappa shape index (κ1) is 18.9. The van der Waals surface area contributed by atoms with E-state index in [-0.39, 0.29) is 33.3 Å². The van der Waals surface area contributed by atoms with Gasteiger partial charge in [0.1, 0.15) is 6.04 Å². The normalized spacial score (nSPS) is 15.2. The standard InChI is InChI=1S/C16H10ClN5O6/c17-9-3-8(4-11(5-9)22(27)28)15(23)20-14-7-18-12-2-1-10(21(25)26)6-13(12)19-16(14)24/h1-7,14H,(H,19,24)(H,20,23)/t14-/m0/s1. The number of carbonyl (C=O) groups excluding carboxylic acids is 2. The van der Waals surface area contributed by atoms with Crippen molar-refractivity contribution < 1.29 is 19.4 Å². The van der Waals surface area contributed by atoms with Crippen molar-refractivity contribution in [3.05, 3.63) is 67.2 Å². The van der Waals surface area contributed by atoms with Gasteiger partial charge in [0, 0.05) is 41.1 Å². The van der Waals surface area contributed by atoms with Crippen LogP contribution in [0.4, 0.5) is 22.7 Å². The van der Waals surface area contributed by atoms with Gasteiger partial charge >= 0.3 is 0 Å². The molecule has 0 unspecified atom stereocenters. The van der Waals surface area contributed by atoms with Gasteiger partial charge in [0.05, 0.1) is 21.2 Å². The van der Waals surface area contributed by atoms with Crippen molar-refractivity contribution in [2.75, 3.05) is 5.32 Å². The predicted octanol–water partition coefficient (Wildman–Crippen LogP) is 2.61. The molecule has 12 heteroatoms. The summed E-state index contributed by atoms with van der Waals surface area (Å²) < 4.78 is 0. The fourth-order valence-corrected chi connectivity index (χ4v) is 2.65. The summed E-state index contributed by atoms with van der Waals surface area (Å²) in [7, 11) is 0. The third kappa shape index (κ3) is 3.94. The zero-order chi connectivity index (χ0) is 20.4. The Morgan fingerprint density at radius 3 is 2.50 bits per heavy atom. The molecule has 28 heavy (non-hydrogen) atoms. The molecule has 142 valence electrons. The second kappa shape index (κ2) is 7.40. The molecule has 2 N–H and O–H groups in total. The SMILES string of the molecule is O=C(N[C@H]1C=Nc2ccc([N+](=O)[O-])cc2NC1=O)c1cc(Cl)cc([N+](=O)[O-])c1. The number of nitrogens with zero attached hydrogens (tertiary/aromatic N) is 3. The van der Waals surface area contributed by atoms with Gasteiger partial charge in [0.2, 0.25) is 0 Å². The topological polar surface area (TPSA) is 157 Å². The number of hydrogen-bond acceptors (Lipinski definition) is 7. The van der Waals surface area contributed by atoms with E-state index in [9.17, 15) is 29.8 Å². The van der Waals surface area contributed by atoms with Crippen LogP contribution in [0.3, 0.4) is 0 Å². The molecule has 0 saturated carbocycles. The Kier molecular flexibility index (Phi) is 5.00. The number of fused-ring (bicyclic) bond motifs is 1.